The Morgan fingerprint density at radius 3 is 2.21 bits per heavy atom. The Bertz CT molecular complexity index is 512. The van der Waals surface area contributed by atoms with Gasteiger partial charge < -0.3 is 14.4 Å². The molecule has 1 N–H and O–H groups in total. The summed E-state index contributed by atoms with van der Waals surface area (Å²) in [4.78, 5) is 11.2. The third-order valence-corrected chi connectivity index (χ3v) is 4.08. The Labute approximate surface area is 117 Å². The summed E-state index contributed by atoms with van der Waals surface area (Å²) in [6.07, 6.45) is 0.641. The van der Waals surface area contributed by atoms with Crippen LogP contribution in [0.1, 0.15) is 38.1 Å². The normalized spacial score (nSPS) is 20.6. The van der Waals surface area contributed by atoms with Gasteiger partial charge >= 0.3 is 7.12 Å². The lowest BCUT2D eigenvalue weighted by atomic mass is 9.76. The predicted molar refractivity (Wildman–Crippen MR) is 74.2 cm³/mol. The van der Waals surface area contributed by atoms with Crippen molar-refractivity contribution in [3.8, 4) is 5.75 Å². The number of aromatic hydroxyl groups is 1. The topological polar surface area (TPSA) is 55.8 Å². The molecular weight excluding hydrogens is 266 g/mol. The summed E-state index contributed by atoms with van der Waals surface area (Å²) in [5.41, 5.74) is -0.317. The van der Waals surface area contributed by atoms with Gasteiger partial charge in [0.05, 0.1) is 16.2 Å². The third kappa shape index (κ3) is 2.38. The molecule has 19 heavy (non-hydrogen) atoms. The first-order chi connectivity index (χ1) is 8.68. The average molecular weight is 283 g/mol. The number of hydrogen-bond donors (Lipinski definition) is 1. The van der Waals surface area contributed by atoms with Gasteiger partial charge in [0, 0.05) is 5.56 Å². The molecule has 1 aromatic carbocycles. The van der Waals surface area contributed by atoms with E-state index >= 15 is 0 Å². The maximum absolute atomic E-state index is 11.2. The third-order valence-electron chi connectivity index (χ3n) is 3.77. The van der Waals surface area contributed by atoms with Crippen molar-refractivity contribution in [1.29, 1.82) is 0 Å². The highest BCUT2D eigenvalue weighted by Gasteiger charge is 2.52. The minimum Gasteiger partial charge on any atom is -0.508 e. The van der Waals surface area contributed by atoms with Crippen molar-refractivity contribution >= 4 is 30.5 Å². The van der Waals surface area contributed by atoms with E-state index in [4.69, 9.17) is 20.9 Å². The maximum Gasteiger partial charge on any atom is 0.495 e. The molecule has 1 aliphatic rings. The van der Waals surface area contributed by atoms with Crippen molar-refractivity contribution in [2.75, 3.05) is 0 Å². The van der Waals surface area contributed by atoms with Crippen molar-refractivity contribution < 1.29 is 19.2 Å². The summed E-state index contributed by atoms with van der Waals surface area (Å²) in [6.45, 7) is 7.66. The van der Waals surface area contributed by atoms with Crippen LogP contribution in [0.25, 0.3) is 0 Å². The molecule has 6 heteroatoms. The van der Waals surface area contributed by atoms with Crippen LogP contribution in [0.15, 0.2) is 12.1 Å². The van der Waals surface area contributed by atoms with Crippen LogP contribution in [0, 0.1) is 0 Å². The number of aldehydes is 1. The Morgan fingerprint density at radius 2 is 1.74 bits per heavy atom. The van der Waals surface area contributed by atoms with Crippen molar-refractivity contribution in [1.82, 2.24) is 0 Å². The fourth-order valence-corrected chi connectivity index (χ4v) is 2.18. The predicted octanol–water partition coefficient (Wildman–Crippen LogP) is 2.16. The Hall–Kier alpha value is -1.04. The minimum absolute atomic E-state index is 0.0275. The molecule has 0 atom stereocenters. The van der Waals surface area contributed by atoms with Crippen LogP contribution < -0.4 is 5.46 Å². The molecule has 0 bridgehead atoms. The lowest BCUT2D eigenvalue weighted by Gasteiger charge is -2.32. The second-order valence-electron chi connectivity index (χ2n) is 5.64. The van der Waals surface area contributed by atoms with Crippen LogP contribution in [-0.2, 0) is 9.31 Å². The van der Waals surface area contributed by atoms with Gasteiger partial charge in [-0.25, -0.2) is 0 Å². The number of benzene rings is 1. The fraction of sp³-hybridized carbons (Fsp3) is 0.462. The zero-order chi connectivity index (χ0) is 14.4. The van der Waals surface area contributed by atoms with Gasteiger partial charge in [0.25, 0.3) is 0 Å². The lowest BCUT2D eigenvalue weighted by molar-refractivity contribution is 0.00578. The number of halogens is 1. The quantitative estimate of drug-likeness (QED) is 0.667. The summed E-state index contributed by atoms with van der Waals surface area (Å²) in [5.74, 6) is -0.0275. The molecule has 0 amide bonds. The van der Waals surface area contributed by atoms with E-state index < -0.39 is 18.3 Å². The summed E-state index contributed by atoms with van der Waals surface area (Å²) >= 11 is 5.95. The van der Waals surface area contributed by atoms with E-state index in [0.717, 1.165) is 0 Å². The number of rotatable bonds is 2. The molecule has 2 rings (SSSR count). The van der Waals surface area contributed by atoms with Crippen molar-refractivity contribution in [3.05, 3.63) is 22.7 Å². The van der Waals surface area contributed by atoms with Crippen LogP contribution in [0.5, 0.6) is 5.75 Å². The first kappa shape index (κ1) is 14.4. The number of hydrogen-bond acceptors (Lipinski definition) is 4. The molecule has 0 spiro atoms. The Balaban J connectivity index is 2.47. The Kier molecular flexibility index (Phi) is 3.41. The zero-order valence-electron chi connectivity index (χ0n) is 11.4. The summed E-state index contributed by atoms with van der Waals surface area (Å²) < 4.78 is 11.7. The second kappa shape index (κ2) is 4.51. The monoisotopic (exact) mass is 282 g/mol. The van der Waals surface area contributed by atoms with Gasteiger partial charge in [-0.3, -0.25) is 4.79 Å². The van der Waals surface area contributed by atoms with Crippen molar-refractivity contribution in [3.63, 3.8) is 0 Å². The number of phenols is 1. The van der Waals surface area contributed by atoms with Crippen molar-refractivity contribution in [2.24, 2.45) is 0 Å². The van der Waals surface area contributed by atoms with E-state index in [0.29, 0.717) is 11.7 Å². The van der Waals surface area contributed by atoms with Crippen LogP contribution >= 0.6 is 11.6 Å². The number of phenolic OH excluding ortho intramolecular Hbond substituents is 1. The smallest absolute Gasteiger partial charge is 0.495 e. The van der Waals surface area contributed by atoms with Crippen LogP contribution in [0.3, 0.4) is 0 Å². The fourth-order valence-electron chi connectivity index (χ4n) is 1.91. The lowest BCUT2D eigenvalue weighted by Crippen LogP contribution is -2.41. The zero-order valence-corrected chi connectivity index (χ0v) is 12.1. The summed E-state index contributed by atoms with van der Waals surface area (Å²) in [7, 11) is -0.727. The van der Waals surface area contributed by atoms with E-state index in [1.807, 2.05) is 27.7 Å². The molecule has 1 aromatic rings. The summed E-state index contributed by atoms with van der Waals surface area (Å²) in [6, 6.07) is 2.76. The number of carbonyl (C=O) groups excluding carboxylic acids is 1. The highest BCUT2D eigenvalue weighted by atomic mass is 35.5. The molecule has 1 fully saturated rings. The largest absolute Gasteiger partial charge is 0.508 e. The van der Waals surface area contributed by atoms with E-state index in [1.54, 1.807) is 0 Å². The standard InChI is InChI=1S/C13H16BClO4/c1-12(2)13(3,4)19-14(18-12)10-5-8(17)6-11(15)9(10)7-16/h5-7,17H,1-4H3. The molecule has 0 unspecified atom stereocenters. The van der Waals surface area contributed by atoms with Crippen molar-refractivity contribution in [2.45, 2.75) is 38.9 Å². The van der Waals surface area contributed by atoms with Gasteiger partial charge in [0.2, 0.25) is 0 Å². The Morgan fingerprint density at radius 1 is 1.21 bits per heavy atom. The summed E-state index contributed by atoms with van der Waals surface area (Å²) in [5, 5.41) is 9.80. The molecule has 0 aromatic heterocycles. The highest BCUT2D eigenvalue weighted by Crippen LogP contribution is 2.37. The molecule has 1 aliphatic heterocycles. The number of carbonyl (C=O) groups is 1. The average Bonchev–Trinajstić information content (AvgIpc) is 2.47. The molecule has 0 saturated carbocycles. The van der Waals surface area contributed by atoms with Gasteiger partial charge in [-0.1, -0.05) is 11.6 Å². The van der Waals surface area contributed by atoms with Crippen LogP contribution in [-0.4, -0.2) is 29.7 Å². The maximum atomic E-state index is 11.2. The van der Waals surface area contributed by atoms with Gasteiger partial charge in [0.1, 0.15) is 5.75 Å². The SMILES string of the molecule is CC1(C)OB(c2cc(O)cc(Cl)c2C=O)OC1(C)C. The molecule has 1 saturated heterocycles. The van der Waals surface area contributed by atoms with E-state index in [1.165, 1.54) is 12.1 Å². The van der Waals surface area contributed by atoms with Gasteiger partial charge in [-0.05, 0) is 45.3 Å². The molecule has 1 heterocycles. The van der Waals surface area contributed by atoms with Crippen LogP contribution in [0.2, 0.25) is 5.02 Å². The molecular formula is C13H16BClO4. The van der Waals surface area contributed by atoms with E-state index in [9.17, 15) is 9.90 Å². The highest BCUT2D eigenvalue weighted by molar-refractivity contribution is 6.64. The molecule has 4 nitrogen and oxygen atoms in total. The van der Waals surface area contributed by atoms with Gasteiger partial charge in [0.15, 0.2) is 6.29 Å². The van der Waals surface area contributed by atoms with Gasteiger partial charge in [-0.15, -0.1) is 0 Å². The van der Waals surface area contributed by atoms with E-state index in [2.05, 4.69) is 0 Å². The van der Waals surface area contributed by atoms with Gasteiger partial charge in [-0.2, -0.15) is 0 Å². The minimum atomic E-state index is -0.727. The van der Waals surface area contributed by atoms with E-state index in [-0.39, 0.29) is 16.3 Å². The molecule has 102 valence electrons. The molecule has 0 aliphatic carbocycles. The first-order valence-corrected chi connectivity index (χ1v) is 6.39. The second-order valence-corrected chi connectivity index (χ2v) is 6.04. The first-order valence-electron chi connectivity index (χ1n) is 6.01. The van der Waals surface area contributed by atoms with Crippen LogP contribution in [0.4, 0.5) is 0 Å². The molecule has 0 radical (unpaired) electrons.